The highest BCUT2D eigenvalue weighted by Gasteiger charge is 2.13. The van der Waals surface area contributed by atoms with E-state index in [0.29, 0.717) is 6.54 Å². The van der Waals surface area contributed by atoms with E-state index in [1.807, 2.05) is 6.07 Å². The summed E-state index contributed by atoms with van der Waals surface area (Å²) in [6.45, 7) is 2.71. The zero-order valence-corrected chi connectivity index (χ0v) is 14.3. The van der Waals surface area contributed by atoms with Crippen molar-refractivity contribution in [2.24, 2.45) is 5.73 Å². The second kappa shape index (κ2) is 6.54. The summed E-state index contributed by atoms with van der Waals surface area (Å²) >= 11 is 0. The van der Waals surface area contributed by atoms with Crippen molar-refractivity contribution in [1.29, 1.82) is 0 Å². The fourth-order valence-electron chi connectivity index (χ4n) is 3.26. The van der Waals surface area contributed by atoms with Crippen molar-refractivity contribution in [3.63, 3.8) is 0 Å². The molecule has 0 bridgehead atoms. The van der Waals surface area contributed by atoms with Gasteiger partial charge in [-0.1, -0.05) is 60.7 Å². The summed E-state index contributed by atoms with van der Waals surface area (Å²) in [7, 11) is 0. The van der Waals surface area contributed by atoms with Crippen LogP contribution in [0.1, 0.15) is 11.3 Å². The largest absolute Gasteiger partial charge is 0.330 e. The summed E-state index contributed by atoms with van der Waals surface area (Å²) in [6, 6.07) is 23.2. The van der Waals surface area contributed by atoms with Gasteiger partial charge in [0.15, 0.2) is 0 Å². The lowest BCUT2D eigenvalue weighted by atomic mass is 10.0. The molecule has 0 amide bonds. The second-order valence-electron chi connectivity index (χ2n) is 6.32. The Labute approximate surface area is 147 Å². The predicted octanol–water partition coefficient (Wildman–Crippen LogP) is 4.48. The molecular formula is C22H21N3. The van der Waals surface area contributed by atoms with E-state index in [1.165, 1.54) is 22.4 Å². The fourth-order valence-corrected chi connectivity index (χ4v) is 3.26. The van der Waals surface area contributed by atoms with Gasteiger partial charge in [-0.05, 0) is 36.2 Å². The number of aryl methyl sites for hydroxylation is 1. The third-order valence-electron chi connectivity index (χ3n) is 4.51. The number of hydrogen-bond donors (Lipinski definition) is 1. The van der Waals surface area contributed by atoms with E-state index in [9.17, 15) is 0 Å². The van der Waals surface area contributed by atoms with Crippen LogP contribution < -0.4 is 5.73 Å². The fraction of sp³-hybridized carbons (Fsp3) is 0.136. The van der Waals surface area contributed by atoms with E-state index >= 15 is 0 Å². The Kier molecular flexibility index (Phi) is 4.08. The number of nitrogens with two attached hydrogens (primary N) is 1. The van der Waals surface area contributed by atoms with Crippen LogP contribution in [-0.2, 0) is 6.42 Å². The molecule has 0 spiro atoms. The molecule has 4 rings (SSSR count). The molecule has 0 aliphatic carbocycles. The molecule has 2 aromatic heterocycles. The Morgan fingerprint density at radius 3 is 2.24 bits per heavy atom. The van der Waals surface area contributed by atoms with E-state index in [2.05, 4.69) is 78.2 Å². The van der Waals surface area contributed by atoms with Crippen molar-refractivity contribution in [3.05, 3.63) is 84.2 Å². The van der Waals surface area contributed by atoms with Gasteiger partial charge in [-0.2, -0.15) is 0 Å². The van der Waals surface area contributed by atoms with Crippen molar-refractivity contribution in [1.82, 2.24) is 9.38 Å². The zero-order chi connectivity index (χ0) is 17.2. The van der Waals surface area contributed by atoms with Crippen LogP contribution in [0.4, 0.5) is 0 Å². The minimum absolute atomic E-state index is 0.608. The van der Waals surface area contributed by atoms with Crippen LogP contribution in [0.2, 0.25) is 0 Å². The van der Waals surface area contributed by atoms with E-state index in [4.69, 9.17) is 10.7 Å². The molecule has 2 aromatic carbocycles. The Balaban J connectivity index is 1.80. The highest BCUT2D eigenvalue weighted by Crippen LogP contribution is 2.28. The van der Waals surface area contributed by atoms with Gasteiger partial charge in [0.05, 0.1) is 11.4 Å². The van der Waals surface area contributed by atoms with Crippen molar-refractivity contribution in [3.8, 4) is 22.4 Å². The first-order valence-corrected chi connectivity index (χ1v) is 8.60. The normalized spacial score (nSPS) is 11.1. The van der Waals surface area contributed by atoms with Crippen molar-refractivity contribution < 1.29 is 0 Å². The molecule has 25 heavy (non-hydrogen) atoms. The molecular weight excluding hydrogens is 306 g/mol. The third-order valence-corrected chi connectivity index (χ3v) is 4.51. The Morgan fingerprint density at radius 1 is 0.840 bits per heavy atom. The van der Waals surface area contributed by atoms with Crippen LogP contribution in [0.25, 0.3) is 28.0 Å². The predicted molar refractivity (Wildman–Crippen MR) is 104 cm³/mol. The first kappa shape index (κ1) is 15.6. The summed E-state index contributed by atoms with van der Waals surface area (Å²) in [5.41, 5.74) is 13.8. The van der Waals surface area contributed by atoms with Gasteiger partial charge in [0, 0.05) is 18.2 Å². The van der Waals surface area contributed by atoms with Crippen LogP contribution in [0, 0.1) is 6.92 Å². The minimum Gasteiger partial charge on any atom is -0.330 e. The molecule has 0 fully saturated rings. The zero-order valence-electron chi connectivity index (χ0n) is 14.3. The maximum absolute atomic E-state index is 5.85. The van der Waals surface area contributed by atoms with Crippen molar-refractivity contribution in [2.45, 2.75) is 13.3 Å². The number of nitrogens with zero attached hydrogens (tertiary/aromatic N) is 2. The third kappa shape index (κ3) is 2.94. The Bertz CT molecular complexity index is 999. The van der Waals surface area contributed by atoms with Gasteiger partial charge in [-0.3, -0.25) is 0 Å². The van der Waals surface area contributed by atoms with Crippen LogP contribution in [0.3, 0.4) is 0 Å². The number of pyridine rings is 1. The molecule has 4 aromatic rings. The van der Waals surface area contributed by atoms with E-state index in [0.717, 1.165) is 23.3 Å². The van der Waals surface area contributed by atoms with E-state index in [1.54, 1.807) is 0 Å². The van der Waals surface area contributed by atoms with Crippen molar-refractivity contribution in [2.75, 3.05) is 6.54 Å². The Hall–Kier alpha value is -2.91. The molecule has 124 valence electrons. The quantitative estimate of drug-likeness (QED) is 0.600. The minimum atomic E-state index is 0.608. The van der Waals surface area contributed by atoms with Crippen LogP contribution >= 0.6 is 0 Å². The Morgan fingerprint density at radius 2 is 1.52 bits per heavy atom. The summed E-state index contributed by atoms with van der Waals surface area (Å²) in [5, 5.41) is 0. The first-order chi connectivity index (χ1) is 12.3. The molecule has 2 heterocycles. The lowest BCUT2D eigenvalue weighted by Crippen LogP contribution is -2.06. The average Bonchev–Trinajstić information content (AvgIpc) is 3.01. The molecule has 0 aliphatic rings. The van der Waals surface area contributed by atoms with Crippen LogP contribution in [-0.4, -0.2) is 15.9 Å². The second-order valence-corrected chi connectivity index (χ2v) is 6.32. The number of imidazole rings is 1. The number of hydrogen-bond acceptors (Lipinski definition) is 2. The number of aromatic nitrogens is 2. The smallest absolute Gasteiger partial charge is 0.137 e. The van der Waals surface area contributed by atoms with Gasteiger partial charge in [0.1, 0.15) is 5.65 Å². The molecule has 0 saturated carbocycles. The number of fused-ring (bicyclic) bond motifs is 1. The molecule has 3 heteroatoms. The van der Waals surface area contributed by atoms with Crippen LogP contribution in [0.15, 0.2) is 72.9 Å². The topological polar surface area (TPSA) is 43.3 Å². The van der Waals surface area contributed by atoms with Gasteiger partial charge < -0.3 is 10.1 Å². The number of benzene rings is 2. The van der Waals surface area contributed by atoms with Gasteiger partial charge in [-0.15, -0.1) is 0 Å². The van der Waals surface area contributed by atoms with Gasteiger partial charge in [-0.25, -0.2) is 4.98 Å². The summed E-state index contributed by atoms with van der Waals surface area (Å²) in [4.78, 5) is 4.85. The molecule has 0 unspecified atom stereocenters. The molecule has 0 radical (unpaired) electrons. The molecule has 0 atom stereocenters. The maximum atomic E-state index is 5.85. The lowest BCUT2D eigenvalue weighted by Gasteiger charge is -2.06. The SMILES string of the molecule is Cc1ccc2nc(-c3ccc(-c4ccccc4)cc3)c(CCN)n2c1. The van der Waals surface area contributed by atoms with Gasteiger partial charge in [0.25, 0.3) is 0 Å². The summed E-state index contributed by atoms with van der Waals surface area (Å²) < 4.78 is 2.17. The highest BCUT2D eigenvalue weighted by molar-refractivity contribution is 5.71. The van der Waals surface area contributed by atoms with Crippen LogP contribution in [0.5, 0.6) is 0 Å². The average molecular weight is 327 g/mol. The lowest BCUT2D eigenvalue weighted by molar-refractivity contribution is 0.904. The van der Waals surface area contributed by atoms with E-state index < -0.39 is 0 Å². The standard InChI is InChI=1S/C22H21N3/c1-16-7-12-21-24-22(20(13-14-23)25(21)15-16)19-10-8-18(9-11-19)17-5-3-2-4-6-17/h2-12,15H,13-14,23H2,1H3. The maximum Gasteiger partial charge on any atom is 0.137 e. The first-order valence-electron chi connectivity index (χ1n) is 8.60. The molecule has 0 aliphatic heterocycles. The summed E-state index contributed by atoms with van der Waals surface area (Å²) in [6.07, 6.45) is 2.94. The van der Waals surface area contributed by atoms with Gasteiger partial charge in [0.2, 0.25) is 0 Å². The molecule has 3 nitrogen and oxygen atoms in total. The van der Waals surface area contributed by atoms with Gasteiger partial charge >= 0.3 is 0 Å². The molecule has 0 saturated heterocycles. The monoisotopic (exact) mass is 327 g/mol. The van der Waals surface area contributed by atoms with Crippen molar-refractivity contribution >= 4 is 5.65 Å². The van der Waals surface area contributed by atoms with E-state index in [-0.39, 0.29) is 0 Å². The molecule has 2 N–H and O–H groups in total. The summed E-state index contributed by atoms with van der Waals surface area (Å²) in [5.74, 6) is 0. The highest BCUT2D eigenvalue weighted by atomic mass is 15.0. The number of rotatable bonds is 4.